The van der Waals surface area contributed by atoms with Gasteiger partial charge in [0.25, 0.3) is 0 Å². The van der Waals surface area contributed by atoms with Gasteiger partial charge in [-0.15, -0.1) is 0 Å². The number of pyridine rings is 1. The maximum absolute atomic E-state index is 13.2. The van der Waals surface area contributed by atoms with E-state index < -0.39 is 5.60 Å². The van der Waals surface area contributed by atoms with Crippen LogP contribution in [0.2, 0.25) is 0 Å². The van der Waals surface area contributed by atoms with Crippen LogP contribution in [0.3, 0.4) is 0 Å². The third kappa shape index (κ3) is 3.75. The van der Waals surface area contributed by atoms with Crippen LogP contribution >= 0.6 is 0 Å². The van der Waals surface area contributed by atoms with E-state index in [1.165, 1.54) is 0 Å². The molecular weight excluding hydrogens is 422 g/mol. The monoisotopic (exact) mass is 449 g/mol. The zero-order valence-electron chi connectivity index (χ0n) is 19.2. The molecule has 172 valence electrons. The molecule has 10 heteroatoms. The minimum absolute atomic E-state index is 0.174. The Morgan fingerprint density at radius 1 is 1.18 bits per heavy atom. The molecule has 1 aliphatic rings. The fourth-order valence-electron chi connectivity index (χ4n) is 4.36. The van der Waals surface area contributed by atoms with E-state index in [-0.39, 0.29) is 17.8 Å². The van der Waals surface area contributed by atoms with Crippen molar-refractivity contribution in [3.05, 3.63) is 47.3 Å². The van der Waals surface area contributed by atoms with Gasteiger partial charge in [0.05, 0.1) is 29.5 Å². The number of hydrogen-bond acceptors (Lipinski definition) is 6. The Kier molecular flexibility index (Phi) is 4.95. The molecule has 10 nitrogen and oxygen atoms in total. The third-order valence-corrected chi connectivity index (χ3v) is 5.91. The molecule has 0 radical (unpaired) electrons. The van der Waals surface area contributed by atoms with Crippen molar-refractivity contribution in [3.63, 3.8) is 0 Å². The number of rotatable bonds is 2. The lowest BCUT2D eigenvalue weighted by Gasteiger charge is -2.34. The number of carbonyl (C=O) groups excluding carboxylic acids is 1. The molecule has 1 amide bonds. The minimum Gasteiger partial charge on any atom is -0.444 e. The lowest BCUT2D eigenvalue weighted by atomic mass is 10.1. The van der Waals surface area contributed by atoms with Gasteiger partial charge in [-0.05, 0) is 45.7 Å². The summed E-state index contributed by atoms with van der Waals surface area (Å²) < 4.78 is 10.6. The second-order valence-corrected chi connectivity index (χ2v) is 9.43. The maximum atomic E-state index is 13.2. The molecule has 4 aromatic heterocycles. The first-order chi connectivity index (χ1) is 15.7. The number of carbonyl (C=O) groups is 1. The van der Waals surface area contributed by atoms with Gasteiger partial charge in [0, 0.05) is 26.3 Å². The van der Waals surface area contributed by atoms with Gasteiger partial charge in [0.15, 0.2) is 11.5 Å². The molecule has 0 unspecified atom stereocenters. The van der Waals surface area contributed by atoms with Crippen LogP contribution in [0.25, 0.3) is 28.1 Å². The Labute approximate surface area is 190 Å². The normalized spacial score (nSPS) is 17.1. The number of hydrogen-bond donors (Lipinski definition) is 0. The summed E-state index contributed by atoms with van der Waals surface area (Å²) in [6.07, 6.45) is 6.46. The summed E-state index contributed by atoms with van der Waals surface area (Å²) in [5, 5.41) is 4.37. The Morgan fingerprint density at radius 3 is 2.79 bits per heavy atom. The van der Waals surface area contributed by atoms with Crippen molar-refractivity contribution in [3.8, 4) is 11.4 Å². The van der Waals surface area contributed by atoms with Crippen molar-refractivity contribution in [2.45, 2.75) is 45.3 Å². The minimum atomic E-state index is -0.573. The Morgan fingerprint density at radius 2 is 2.00 bits per heavy atom. The average molecular weight is 450 g/mol. The molecule has 0 saturated carbocycles. The summed E-state index contributed by atoms with van der Waals surface area (Å²) in [4.78, 5) is 36.9. The zero-order chi connectivity index (χ0) is 23.3. The molecule has 1 aliphatic heterocycles. The Balaban J connectivity index is 1.55. The van der Waals surface area contributed by atoms with Crippen LogP contribution in [0.1, 0.15) is 39.7 Å². The van der Waals surface area contributed by atoms with Crippen molar-refractivity contribution < 1.29 is 9.53 Å². The molecule has 33 heavy (non-hydrogen) atoms. The first kappa shape index (κ1) is 21.2. The molecule has 0 aromatic carbocycles. The predicted molar refractivity (Wildman–Crippen MR) is 123 cm³/mol. The summed E-state index contributed by atoms with van der Waals surface area (Å²) in [5.41, 5.74) is 2.13. The first-order valence-electron chi connectivity index (χ1n) is 11.1. The number of likely N-dealkylation sites (tertiary alicyclic amines) is 1. The standard InChI is InChI=1S/C23H27N7O3/c1-23(2,3)33-22(32)28-10-7-8-15(14-28)30-20-18(27(4)21(30)31)13-24-19(26-20)16-12-25-29-11-6-5-9-17(16)29/h5-6,9,11-13,15H,7-8,10,14H2,1-4H3/t15-/m0/s1. The number of fused-ring (bicyclic) bond motifs is 2. The second kappa shape index (κ2) is 7.72. The predicted octanol–water partition coefficient (Wildman–Crippen LogP) is 3.02. The second-order valence-electron chi connectivity index (χ2n) is 9.43. The van der Waals surface area contributed by atoms with E-state index in [1.54, 1.807) is 38.0 Å². The van der Waals surface area contributed by atoms with Crippen molar-refractivity contribution >= 4 is 22.8 Å². The van der Waals surface area contributed by atoms with Gasteiger partial charge in [-0.25, -0.2) is 24.1 Å². The molecule has 0 spiro atoms. The highest BCUT2D eigenvalue weighted by atomic mass is 16.6. The molecule has 5 heterocycles. The van der Waals surface area contributed by atoms with Gasteiger partial charge in [0.1, 0.15) is 11.1 Å². The summed E-state index contributed by atoms with van der Waals surface area (Å²) >= 11 is 0. The molecule has 1 saturated heterocycles. The molecule has 0 aliphatic carbocycles. The molecule has 5 rings (SSSR count). The Bertz CT molecular complexity index is 1410. The van der Waals surface area contributed by atoms with E-state index in [2.05, 4.69) is 10.1 Å². The number of nitrogens with zero attached hydrogens (tertiary/aromatic N) is 7. The third-order valence-electron chi connectivity index (χ3n) is 5.91. The van der Waals surface area contributed by atoms with Gasteiger partial charge in [-0.3, -0.25) is 9.13 Å². The SMILES string of the molecule is Cn1c(=O)n([C@H]2CCCN(C(=O)OC(C)(C)C)C2)c2nc(-c3cnn4ccccc34)ncc21. The van der Waals surface area contributed by atoms with E-state index >= 15 is 0 Å². The fourth-order valence-corrected chi connectivity index (χ4v) is 4.36. The summed E-state index contributed by atoms with van der Waals surface area (Å²) in [6, 6.07) is 5.59. The molecule has 4 aromatic rings. The van der Waals surface area contributed by atoms with Crippen LogP contribution in [0.15, 0.2) is 41.6 Å². The van der Waals surface area contributed by atoms with E-state index in [9.17, 15) is 9.59 Å². The summed E-state index contributed by atoms with van der Waals surface area (Å²) in [7, 11) is 1.72. The van der Waals surface area contributed by atoms with Gasteiger partial charge in [-0.1, -0.05) is 6.07 Å². The highest BCUT2D eigenvalue weighted by Gasteiger charge is 2.31. The number of piperidine rings is 1. The van der Waals surface area contributed by atoms with Crippen molar-refractivity contribution in [1.29, 1.82) is 0 Å². The van der Waals surface area contributed by atoms with Crippen LogP contribution in [-0.2, 0) is 11.8 Å². The number of amides is 1. The summed E-state index contributed by atoms with van der Waals surface area (Å²) in [5.74, 6) is 0.503. The van der Waals surface area contributed by atoms with E-state index in [0.717, 1.165) is 23.9 Å². The molecule has 0 N–H and O–H groups in total. The van der Waals surface area contributed by atoms with E-state index in [1.807, 2.05) is 45.2 Å². The molecule has 1 atom stereocenters. The van der Waals surface area contributed by atoms with Gasteiger partial charge >= 0.3 is 11.8 Å². The van der Waals surface area contributed by atoms with Gasteiger partial charge in [-0.2, -0.15) is 5.10 Å². The van der Waals surface area contributed by atoms with Crippen molar-refractivity contribution in [2.75, 3.05) is 13.1 Å². The van der Waals surface area contributed by atoms with Crippen molar-refractivity contribution in [2.24, 2.45) is 7.05 Å². The van der Waals surface area contributed by atoms with Crippen LogP contribution < -0.4 is 5.69 Å². The van der Waals surface area contributed by atoms with Crippen LogP contribution in [0.4, 0.5) is 4.79 Å². The van der Waals surface area contributed by atoms with Crippen LogP contribution in [-0.4, -0.2) is 58.4 Å². The zero-order valence-corrected chi connectivity index (χ0v) is 19.2. The highest BCUT2D eigenvalue weighted by Crippen LogP contribution is 2.27. The van der Waals surface area contributed by atoms with E-state index in [4.69, 9.17) is 9.72 Å². The molecule has 0 bridgehead atoms. The highest BCUT2D eigenvalue weighted by molar-refractivity contribution is 5.79. The number of ether oxygens (including phenoxy) is 1. The maximum Gasteiger partial charge on any atom is 0.410 e. The lowest BCUT2D eigenvalue weighted by Crippen LogP contribution is -2.45. The summed E-state index contributed by atoms with van der Waals surface area (Å²) in [6.45, 7) is 6.54. The lowest BCUT2D eigenvalue weighted by molar-refractivity contribution is 0.0172. The quantitative estimate of drug-likeness (QED) is 0.466. The smallest absolute Gasteiger partial charge is 0.410 e. The van der Waals surface area contributed by atoms with Gasteiger partial charge < -0.3 is 9.64 Å². The molecular formula is C23H27N7O3. The van der Waals surface area contributed by atoms with Crippen molar-refractivity contribution in [1.82, 2.24) is 33.6 Å². The first-order valence-corrected chi connectivity index (χ1v) is 11.1. The van der Waals surface area contributed by atoms with E-state index in [0.29, 0.717) is 30.1 Å². The number of imidazole rings is 1. The van der Waals surface area contributed by atoms with Crippen LogP contribution in [0.5, 0.6) is 0 Å². The topological polar surface area (TPSA) is 99.5 Å². The fraction of sp³-hybridized carbons (Fsp3) is 0.435. The molecule has 1 fully saturated rings. The Hall–Kier alpha value is -3.69. The number of aryl methyl sites for hydroxylation is 1. The number of aromatic nitrogens is 6. The average Bonchev–Trinajstić information content (AvgIpc) is 3.32. The largest absolute Gasteiger partial charge is 0.444 e. The van der Waals surface area contributed by atoms with Gasteiger partial charge in [0.2, 0.25) is 0 Å². The van der Waals surface area contributed by atoms with Crippen LogP contribution in [0, 0.1) is 0 Å².